The number of rotatable bonds is 2. The zero-order chi connectivity index (χ0) is 10.5. The number of fused-ring (bicyclic) bond motifs is 1. The second-order valence-corrected chi connectivity index (χ2v) is 5.48. The van der Waals surface area contributed by atoms with Crippen LogP contribution in [0.5, 0.6) is 0 Å². The van der Waals surface area contributed by atoms with Crippen molar-refractivity contribution in [3.8, 4) is 0 Å². The van der Waals surface area contributed by atoms with Gasteiger partial charge in [-0.2, -0.15) is 0 Å². The van der Waals surface area contributed by atoms with Gasteiger partial charge >= 0.3 is 0 Å². The number of carbonyl (C=O) groups excluding carboxylic acids is 1. The predicted molar refractivity (Wildman–Crippen MR) is 56.2 cm³/mol. The lowest BCUT2D eigenvalue weighted by atomic mass is 9.83. The molecule has 3 rings (SSSR count). The second-order valence-electron chi connectivity index (χ2n) is 5.48. The highest BCUT2D eigenvalue weighted by Gasteiger charge is 2.52. The highest BCUT2D eigenvalue weighted by Crippen LogP contribution is 2.49. The van der Waals surface area contributed by atoms with E-state index in [0.29, 0.717) is 17.9 Å². The zero-order valence-electron chi connectivity index (χ0n) is 9.11. The first kappa shape index (κ1) is 9.64. The molecule has 3 aliphatic rings. The van der Waals surface area contributed by atoms with Crippen LogP contribution in [-0.4, -0.2) is 35.1 Å². The Labute approximate surface area is 90.5 Å². The van der Waals surface area contributed by atoms with Crippen molar-refractivity contribution < 1.29 is 9.90 Å². The first-order valence-corrected chi connectivity index (χ1v) is 6.18. The monoisotopic (exact) mass is 209 g/mol. The molecule has 1 heterocycles. The predicted octanol–water partition coefficient (Wildman–Crippen LogP) is 1.16. The van der Waals surface area contributed by atoms with Crippen LogP contribution in [0.15, 0.2) is 0 Å². The average molecular weight is 209 g/mol. The smallest absolute Gasteiger partial charge is 0.225 e. The van der Waals surface area contributed by atoms with E-state index in [1.165, 1.54) is 6.42 Å². The van der Waals surface area contributed by atoms with E-state index in [0.717, 1.165) is 38.6 Å². The molecule has 1 amide bonds. The van der Waals surface area contributed by atoms with Crippen molar-refractivity contribution in [3.63, 3.8) is 0 Å². The van der Waals surface area contributed by atoms with Gasteiger partial charge in [-0.25, -0.2) is 0 Å². The minimum absolute atomic E-state index is 0.0740. The van der Waals surface area contributed by atoms with Crippen molar-refractivity contribution in [1.29, 1.82) is 0 Å². The highest BCUT2D eigenvalue weighted by atomic mass is 16.3. The number of nitrogens with zero attached hydrogens (tertiary/aromatic N) is 1. The maximum atomic E-state index is 12.1. The summed E-state index contributed by atoms with van der Waals surface area (Å²) in [6.07, 6.45) is 6.61. The van der Waals surface area contributed by atoms with Gasteiger partial charge in [-0.1, -0.05) is 6.42 Å². The van der Waals surface area contributed by atoms with E-state index in [9.17, 15) is 9.90 Å². The molecular formula is C12H19NO2. The van der Waals surface area contributed by atoms with Crippen LogP contribution in [0.25, 0.3) is 0 Å². The molecule has 0 bridgehead atoms. The minimum Gasteiger partial charge on any atom is -0.396 e. The van der Waals surface area contributed by atoms with E-state index < -0.39 is 0 Å². The SMILES string of the molecule is O=C(C1CC1)N1CC[C@@]2(CO)CCC[C@@H]12. The Hall–Kier alpha value is -0.570. The van der Waals surface area contributed by atoms with Gasteiger partial charge < -0.3 is 10.0 Å². The summed E-state index contributed by atoms with van der Waals surface area (Å²) in [6.45, 7) is 1.16. The summed E-state index contributed by atoms with van der Waals surface area (Å²) in [5.41, 5.74) is 0.0740. The molecule has 0 spiro atoms. The number of aliphatic hydroxyl groups is 1. The quantitative estimate of drug-likeness (QED) is 0.741. The van der Waals surface area contributed by atoms with Crippen molar-refractivity contribution in [3.05, 3.63) is 0 Å². The first-order valence-electron chi connectivity index (χ1n) is 6.18. The number of hydrogen-bond acceptors (Lipinski definition) is 2. The Morgan fingerprint density at radius 3 is 2.80 bits per heavy atom. The van der Waals surface area contributed by atoms with Gasteiger partial charge in [0.1, 0.15) is 0 Å². The van der Waals surface area contributed by atoms with Gasteiger partial charge in [0.15, 0.2) is 0 Å². The van der Waals surface area contributed by atoms with Crippen LogP contribution in [0.1, 0.15) is 38.5 Å². The third-order valence-corrected chi connectivity index (χ3v) is 4.61. The highest BCUT2D eigenvalue weighted by molar-refractivity contribution is 5.81. The fourth-order valence-electron chi connectivity index (χ4n) is 3.49. The molecule has 3 nitrogen and oxygen atoms in total. The molecule has 1 saturated heterocycles. The number of aliphatic hydroxyl groups excluding tert-OH is 1. The summed E-state index contributed by atoms with van der Waals surface area (Å²) >= 11 is 0. The molecule has 2 aliphatic carbocycles. The van der Waals surface area contributed by atoms with Crippen LogP contribution >= 0.6 is 0 Å². The molecule has 0 unspecified atom stereocenters. The number of hydrogen-bond donors (Lipinski definition) is 1. The van der Waals surface area contributed by atoms with Crippen molar-refractivity contribution in [2.75, 3.05) is 13.2 Å². The van der Waals surface area contributed by atoms with Gasteiger partial charge in [0.25, 0.3) is 0 Å². The number of likely N-dealkylation sites (tertiary alicyclic amines) is 1. The molecular weight excluding hydrogens is 190 g/mol. The van der Waals surface area contributed by atoms with Crippen molar-refractivity contribution in [2.45, 2.75) is 44.6 Å². The molecule has 2 saturated carbocycles. The van der Waals surface area contributed by atoms with E-state index in [1.54, 1.807) is 0 Å². The van der Waals surface area contributed by atoms with Gasteiger partial charge in [-0.05, 0) is 32.1 Å². The third kappa shape index (κ3) is 1.32. The van der Waals surface area contributed by atoms with Gasteiger partial charge in [0, 0.05) is 23.9 Å². The largest absolute Gasteiger partial charge is 0.396 e. The molecule has 1 N–H and O–H groups in total. The van der Waals surface area contributed by atoms with Gasteiger partial charge in [-0.3, -0.25) is 4.79 Å². The van der Waals surface area contributed by atoms with E-state index in [-0.39, 0.29) is 12.0 Å². The molecule has 3 heteroatoms. The van der Waals surface area contributed by atoms with Gasteiger partial charge in [-0.15, -0.1) is 0 Å². The Balaban J connectivity index is 1.79. The summed E-state index contributed by atoms with van der Waals surface area (Å²) < 4.78 is 0. The maximum Gasteiger partial charge on any atom is 0.225 e. The maximum absolute atomic E-state index is 12.1. The lowest BCUT2D eigenvalue weighted by molar-refractivity contribution is -0.134. The van der Waals surface area contributed by atoms with Gasteiger partial charge in [0.05, 0.1) is 6.61 Å². The molecule has 1 aliphatic heterocycles. The fourth-order valence-corrected chi connectivity index (χ4v) is 3.49. The van der Waals surface area contributed by atoms with Crippen molar-refractivity contribution in [2.24, 2.45) is 11.3 Å². The molecule has 0 aromatic carbocycles. The van der Waals surface area contributed by atoms with E-state index in [4.69, 9.17) is 0 Å². The Kier molecular flexibility index (Phi) is 2.06. The van der Waals surface area contributed by atoms with Crippen molar-refractivity contribution in [1.82, 2.24) is 4.90 Å². The van der Waals surface area contributed by atoms with Crippen LogP contribution in [0.4, 0.5) is 0 Å². The summed E-state index contributed by atoms with van der Waals surface area (Å²) in [5, 5.41) is 9.54. The summed E-state index contributed by atoms with van der Waals surface area (Å²) in [4.78, 5) is 14.1. The first-order chi connectivity index (χ1) is 7.27. The number of carbonyl (C=O) groups is 1. The number of amides is 1. The van der Waals surface area contributed by atoms with Crippen LogP contribution in [0.2, 0.25) is 0 Å². The lowest BCUT2D eigenvalue weighted by Gasteiger charge is -2.30. The standard InChI is InChI=1S/C12H19NO2/c14-8-12-5-1-2-10(12)13(7-6-12)11(15)9-3-4-9/h9-10,14H,1-8H2/t10-,12-/m1/s1. The second kappa shape index (κ2) is 3.21. The van der Waals surface area contributed by atoms with Crippen LogP contribution in [0, 0.1) is 11.3 Å². The van der Waals surface area contributed by atoms with Crippen LogP contribution in [0.3, 0.4) is 0 Å². The van der Waals surface area contributed by atoms with E-state index in [2.05, 4.69) is 4.90 Å². The summed E-state index contributed by atoms with van der Waals surface area (Å²) in [5.74, 6) is 0.706. The normalized spacial score (nSPS) is 39.5. The van der Waals surface area contributed by atoms with E-state index in [1.807, 2.05) is 0 Å². The molecule has 0 radical (unpaired) electrons. The van der Waals surface area contributed by atoms with Crippen LogP contribution in [-0.2, 0) is 4.79 Å². The van der Waals surface area contributed by atoms with Crippen LogP contribution < -0.4 is 0 Å². The third-order valence-electron chi connectivity index (χ3n) is 4.61. The molecule has 2 atom stereocenters. The van der Waals surface area contributed by atoms with Gasteiger partial charge in [0.2, 0.25) is 5.91 Å². The minimum atomic E-state index is 0.0740. The summed E-state index contributed by atoms with van der Waals surface area (Å²) in [6, 6.07) is 0.357. The zero-order valence-corrected chi connectivity index (χ0v) is 9.11. The topological polar surface area (TPSA) is 40.5 Å². The van der Waals surface area contributed by atoms with E-state index >= 15 is 0 Å². The molecule has 84 valence electrons. The fraction of sp³-hybridized carbons (Fsp3) is 0.917. The Morgan fingerprint density at radius 2 is 2.13 bits per heavy atom. The molecule has 3 fully saturated rings. The van der Waals surface area contributed by atoms with Crippen molar-refractivity contribution >= 4 is 5.91 Å². The summed E-state index contributed by atoms with van der Waals surface area (Å²) in [7, 11) is 0. The Morgan fingerprint density at radius 1 is 1.33 bits per heavy atom. The lowest BCUT2D eigenvalue weighted by Crippen LogP contribution is -2.41. The molecule has 15 heavy (non-hydrogen) atoms. The molecule has 0 aromatic heterocycles. The average Bonchev–Trinajstić information content (AvgIpc) is 2.90. The molecule has 0 aromatic rings. The Bertz CT molecular complexity index is 287.